The van der Waals surface area contributed by atoms with Gasteiger partial charge < -0.3 is 85.2 Å². The van der Waals surface area contributed by atoms with Gasteiger partial charge in [-0.2, -0.15) is 0 Å². The summed E-state index contributed by atoms with van der Waals surface area (Å²) in [5, 5.41) is 100. The van der Waals surface area contributed by atoms with Crippen molar-refractivity contribution >= 4 is 0 Å². The lowest BCUT2D eigenvalue weighted by atomic mass is 10.0. The van der Waals surface area contributed by atoms with Crippen LogP contribution >= 0.6 is 0 Å². The molecule has 3 aliphatic rings. The summed E-state index contributed by atoms with van der Waals surface area (Å²) in [6.45, 7) is -1.89. The van der Waals surface area contributed by atoms with Crippen LogP contribution in [0.5, 0.6) is 0 Å². The minimum atomic E-state index is -1.74. The van der Waals surface area contributed by atoms with Gasteiger partial charge in [0.2, 0.25) is 0 Å². The summed E-state index contributed by atoms with van der Waals surface area (Å²) < 4.78 is 32.6. The summed E-state index contributed by atoms with van der Waals surface area (Å²) in [6, 6.07) is 0. The van der Waals surface area contributed by atoms with Crippen LogP contribution in [-0.2, 0) is 28.4 Å². The molecular formula is C21H39NO16. The predicted octanol–water partition coefficient (Wildman–Crippen LogP) is -7.20. The Morgan fingerprint density at radius 1 is 0.605 bits per heavy atom. The molecule has 17 heteroatoms. The minimum absolute atomic E-state index is 0.138. The van der Waals surface area contributed by atoms with Crippen molar-refractivity contribution in [3.8, 4) is 0 Å². The summed E-state index contributed by atoms with van der Waals surface area (Å²) in [7, 11) is 0. The number of aliphatic hydroxyl groups excluding tert-OH is 10. The average Bonchev–Trinajstić information content (AvgIpc) is 3.47. The molecule has 3 rings (SSSR count). The van der Waals surface area contributed by atoms with Crippen molar-refractivity contribution in [3.05, 3.63) is 0 Å². The highest BCUT2D eigenvalue weighted by Crippen LogP contribution is 2.33. The standard InChI is InChI=1S/C21H39NO16/c22-2-1-3-33-19-13(30)11(28)17(37-19)8(5-24)35-21-15(32)12(29)18(38-21)9(6-25)34-20-14(31)10(27)16(36-20)7(26)4-23/h7-21,23-32H,1-6,22H2/t7-,8+,9+,10+,11+,12+,13+,14+,15-,16-,17+,18+,19+,20-,21-/m1/s1. The molecule has 0 aromatic heterocycles. The second kappa shape index (κ2) is 14.3. The number of nitrogens with two attached hydrogens (primary N) is 1. The fourth-order valence-corrected chi connectivity index (χ4v) is 4.49. The first-order chi connectivity index (χ1) is 18.1. The van der Waals surface area contributed by atoms with Crippen LogP contribution in [0.1, 0.15) is 6.42 Å². The lowest BCUT2D eigenvalue weighted by Gasteiger charge is -2.29. The summed E-state index contributed by atoms with van der Waals surface area (Å²) in [4.78, 5) is 0. The number of rotatable bonds is 14. The van der Waals surface area contributed by atoms with Crippen LogP contribution in [0.4, 0.5) is 0 Å². The quantitative estimate of drug-likeness (QED) is 0.0878. The number of aliphatic hydroxyl groups is 10. The van der Waals surface area contributed by atoms with E-state index in [9.17, 15) is 46.0 Å². The van der Waals surface area contributed by atoms with Crippen LogP contribution in [0.2, 0.25) is 0 Å². The van der Waals surface area contributed by atoms with Gasteiger partial charge in [-0.15, -0.1) is 0 Å². The molecule has 17 nitrogen and oxygen atoms in total. The Hall–Kier alpha value is -0.680. The Balaban J connectivity index is 1.62. The Morgan fingerprint density at radius 3 is 1.47 bits per heavy atom. The molecule has 3 heterocycles. The van der Waals surface area contributed by atoms with E-state index in [4.69, 9.17) is 39.3 Å². The number of hydrogen-bond acceptors (Lipinski definition) is 17. The van der Waals surface area contributed by atoms with Gasteiger partial charge in [-0.25, -0.2) is 0 Å². The Kier molecular flexibility index (Phi) is 12.0. The number of ether oxygens (including phenoxy) is 6. The monoisotopic (exact) mass is 561 g/mol. The molecule has 0 aromatic rings. The Labute approximate surface area is 217 Å². The van der Waals surface area contributed by atoms with Crippen molar-refractivity contribution in [3.63, 3.8) is 0 Å². The van der Waals surface area contributed by atoms with Crippen molar-refractivity contribution in [2.75, 3.05) is 33.0 Å². The van der Waals surface area contributed by atoms with Gasteiger partial charge in [-0.3, -0.25) is 0 Å². The highest BCUT2D eigenvalue weighted by molar-refractivity contribution is 4.96. The van der Waals surface area contributed by atoms with E-state index in [2.05, 4.69) is 0 Å². The van der Waals surface area contributed by atoms with Gasteiger partial charge in [0.15, 0.2) is 18.9 Å². The minimum Gasteiger partial charge on any atom is -0.394 e. The molecule has 0 bridgehead atoms. The van der Waals surface area contributed by atoms with Crippen molar-refractivity contribution in [2.45, 2.75) is 98.5 Å². The van der Waals surface area contributed by atoms with Crippen molar-refractivity contribution in [1.29, 1.82) is 0 Å². The molecule has 38 heavy (non-hydrogen) atoms. The van der Waals surface area contributed by atoms with E-state index < -0.39 is 112 Å². The van der Waals surface area contributed by atoms with Gasteiger partial charge >= 0.3 is 0 Å². The maximum atomic E-state index is 10.5. The third-order valence-electron chi connectivity index (χ3n) is 6.68. The maximum Gasteiger partial charge on any atom is 0.187 e. The molecular weight excluding hydrogens is 522 g/mol. The van der Waals surface area contributed by atoms with Gasteiger partial charge in [0, 0.05) is 0 Å². The highest BCUT2D eigenvalue weighted by Gasteiger charge is 2.54. The van der Waals surface area contributed by atoms with E-state index in [1.807, 2.05) is 0 Å². The topological polar surface area (TPSA) is 284 Å². The van der Waals surface area contributed by atoms with Gasteiger partial charge in [0.1, 0.15) is 73.2 Å². The van der Waals surface area contributed by atoms with Crippen molar-refractivity contribution in [2.24, 2.45) is 5.73 Å². The first-order valence-electron chi connectivity index (χ1n) is 12.3. The molecule has 3 fully saturated rings. The van der Waals surface area contributed by atoms with Crippen molar-refractivity contribution < 1.29 is 79.5 Å². The second-order valence-electron chi connectivity index (χ2n) is 9.33. The third-order valence-corrected chi connectivity index (χ3v) is 6.68. The van der Waals surface area contributed by atoms with E-state index >= 15 is 0 Å². The molecule has 224 valence electrons. The summed E-state index contributed by atoms with van der Waals surface area (Å²) >= 11 is 0. The van der Waals surface area contributed by atoms with Crippen LogP contribution in [0.3, 0.4) is 0 Å². The van der Waals surface area contributed by atoms with Crippen LogP contribution in [0.25, 0.3) is 0 Å². The fourth-order valence-electron chi connectivity index (χ4n) is 4.49. The van der Waals surface area contributed by atoms with Crippen LogP contribution < -0.4 is 5.73 Å². The molecule has 0 radical (unpaired) electrons. The van der Waals surface area contributed by atoms with Crippen molar-refractivity contribution in [1.82, 2.24) is 0 Å². The number of hydrogen-bond donors (Lipinski definition) is 11. The molecule has 0 spiro atoms. The van der Waals surface area contributed by atoms with E-state index in [1.54, 1.807) is 0 Å². The Morgan fingerprint density at radius 2 is 1.03 bits per heavy atom. The smallest absolute Gasteiger partial charge is 0.187 e. The van der Waals surface area contributed by atoms with E-state index in [0.29, 0.717) is 13.0 Å². The van der Waals surface area contributed by atoms with Gasteiger partial charge in [-0.05, 0) is 13.0 Å². The van der Waals surface area contributed by atoms with E-state index in [-0.39, 0.29) is 6.61 Å². The molecule has 3 aliphatic heterocycles. The summed E-state index contributed by atoms with van der Waals surface area (Å²) in [5.74, 6) is 0. The molecule has 0 aromatic carbocycles. The zero-order chi connectivity index (χ0) is 28.1. The first-order valence-corrected chi connectivity index (χ1v) is 12.3. The van der Waals surface area contributed by atoms with Gasteiger partial charge in [0.25, 0.3) is 0 Å². The average molecular weight is 562 g/mol. The lowest BCUT2D eigenvalue weighted by molar-refractivity contribution is -0.261. The molecule has 0 saturated carbocycles. The van der Waals surface area contributed by atoms with Gasteiger partial charge in [-0.1, -0.05) is 0 Å². The Bertz CT molecular complexity index is 708. The molecule has 15 atom stereocenters. The zero-order valence-corrected chi connectivity index (χ0v) is 20.4. The summed E-state index contributed by atoms with van der Waals surface area (Å²) in [5.41, 5.74) is 5.39. The summed E-state index contributed by atoms with van der Waals surface area (Å²) in [6.07, 6.45) is -22.4. The van der Waals surface area contributed by atoms with E-state index in [0.717, 1.165) is 0 Å². The molecule has 3 saturated heterocycles. The fraction of sp³-hybridized carbons (Fsp3) is 1.00. The molecule has 0 amide bonds. The third kappa shape index (κ3) is 6.78. The lowest BCUT2D eigenvalue weighted by Crippen LogP contribution is -2.46. The largest absolute Gasteiger partial charge is 0.394 e. The molecule has 0 aliphatic carbocycles. The second-order valence-corrected chi connectivity index (χ2v) is 9.33. The van der Waals surface area contributed by atoms with Crippen LogP contribution in [0, 0.1) is 0 Å². The van der Waals surface area contributed by atoms with Crippen LogP contribution in [-0.4, -0.2) is 176 Å². The maximum absolute atomic E-state index is 10.5. The molecule has 12 N–H and O–H groups in total. The highest BCUT2D eigenvalue weighted by atomic mass is 16.8. The zero-order valence-electron chi connectivity index (χ0n) is 20.4. The normalized spacial score (nSPS) is 44.0. The molecule has 0 unspecified atom stereocenters. The van der Waals surface area contributed by atoms with Crippen LogP contribution in [0.15, 0.2) is 0 Å². The first kappa shape index (κ1) is 31.8. The van der Waals surface area contributed by atoms with E-state index in [1.165, 1.54) is 0 Å². The predicted molar refractivity (Wildman–Crippen MR) is 119 cm³/mol. The SMILES string of the molecule is NCCCO[C@H]1O[C@@H]([C@H](CO)O[C@@H]2O[C@@H]([C@H](CO)O[C@@H]3O[C@H]([C@H](O)CO)[C@@H](O)[C@@H]3O)[C@@H](O)[C@H]2O)[C@@H](O)[C@@H]1O. The van der Waals surface area contributed by atoms with Gasteiger partial charge in [0.05, 0.1) is 26.4 Å².